The molecule has 174 valence electrons. The Morgan fingerprint density at radius 1 is 1.18 bits per heavy atom. The Morgan fingerprint density at radius 2 is 1.94 bits per heavy atom. The van der Waals surface area contributed by atoms with E-state index in [4.69, 9.17) is 9.26 Å². The van der Waals surface area contributed by atoms with Gasteiger partial charge in [-0.05, 0) is 55.7 Å². The maximum absolute atomic E-state index is 13.5. The van der Waals surface area contributed by atoms with Gasteiger partial charge >= 0.3 is 0 Å². The number of amides is 1. The number of nitrogens with zero attached hydrogens (tertiary/aromatic N) is 3. The van der Waals surface area contributed by atoms with Crippen molar-refractivity contribution in [3.05, 3.63) is 53.9 Å². The van der Waals surface area contributed by atoms with E-state index in [0.717, 1.165) is 0 Å². The van der Waals surface area contributed by atoms with Crippen molar-refractivity contribution in [2.45, 2.75) is 31.6 Å². The summed E-state index contributed by atoms with van der Waals surface area (Å²) >= 11 is 0. The second kappa shape index (κ2) is 9.32. The molecule has 0 bridgehead atoms. The summed E-state index contributed by atoms with van der Waals surface area (Å²) in [5.74, 6) is 0.777. The van der Waals surface area contributed by atoms with Crippen molar-refractivity contribution < 1.29 is 22.5 Å². The van der Waals surface area contributed by atoms with Crippen molar-refractivity contribution >= 4 is 21.6 Å². The highest BCUT2D eigenvalue weighted by Gasteiger charge is 2.34. The molecule has 0 aliphatic carbocycles. The number of piperidine rings is 1. The van der Waals surface area contributed by atoms with Crippen LogP contribution in [0.25, 0.3) is 11.4 Å². The fraction of sp³-hybridized carbons (Fsp3) is 0.348. The molecule has 1 amide bonds. The maximum atomic E-state index is 13.5. The lowest BCUT2D eigenvalue weighted by atomic mass is 9.99. The lowest BCUT2D eigenvalue weighted by molar-refractivity contribution is -0.120. The summed E-state index contributed by atoms with van der Waals surface area (Å²) < 4.78 is 38.6. The molecular formula is C23H26N4O5S. The number of hydrogen-bond donors (Lipinski definition) is 1. The third kappa shape index (κ3) is 4.91. The van der Waals surface area contributed by atoms with Crippen molar-refractivity contribution in [2.24, 2.45) is 5.92 Å². The van der Waals surface area contributed by atoms with E-state index in [1.165, 1.54) is 4.31 Å². The largest absolute Gasteiger partial charge is 0.497 e. The van der Waals surface area contributed by atoms with Crippen LogP contribution in [0.5, 0.6) is 5.75 Å². The second-order valence-electron chi connectivity index (χ2n) is 8.04. The van der Waals surface area contributed by atoms with Gasteiger partial charge in [0.05, 0.1) is 17.9 Å². The summed E-state index contributed by atoms with van der Waals surface area (Å²) in [4.78, 5) is 17.2. The molecule has 1 N–H and O–H groups in total. The highest BCUT2D eigenvalue weighted by molar-refractivity contribution is 7.89. The van der Waals surface area contributed by atoms with E-state index >= 15 is 0 Å². The van der Waals surface area contributed by atoms with Crippen LogP contribution in [0, 0.1) is 19.8 Å². The Kier molecular flexibility index (Phi) is 6.48. The van der Waals surface area contributed by atoms with Gasteiger partial charge in [-0.15, -0.1) is 0 Å². The summed E-state index contributed by atoms with van der Waals surface area (Å²) in [7, 11) is -2.24. The van der Waals surface area contributed by atoms with Crippen LogP contribution in [0.1, 0.15) is 24.3 Å². The summed E-state index contributed by atoms with van der Waals surface area (Å²) in [6.07, 6.45) is 1.22. The summed E-state index contributed by atoms with van der Waals surface area (Å²) in [6.45, 7) is 3.90. The topological polar surface area (TPSA) is 115 Å². The highest BCUT2D eigenvalue weighted by atomic mass is 32.2. The minimum absolute atomic E-state index is 0.120. The molecule has 2 heterocycles. The smallest absolute Gasteiger partial charge is 0.243 e. The molecule has 1 fully saturated rings. The van der Waals surface area contributed by atoms with Crippen LogP contribution in [-0.2, 0) is 14.8 Å². The van der Waals surface area contributed by atoms with Gasteiger partial charge in [0.2, 0.25) is 27.6 Å². The predicted molar refractivity (Wildman–Crippen MR) is 122 cm³/mol. The van der Waals surface area contributed by atoms with Crippen LogP contribution in [0.15, 0.2) is 51.9 Å². The molecule has 1 aromatic heterocycles. The van der Waals surface area contributed by atoms with Crippen molar-refractivity contribution in [3.63, 3.8) is 0 Å². The Morgan fingerprint density at radius 3 is 2.61 bits per heavy atom. The van der Waals surface area contributed by atoms with Gasteiger partial charge in [0.1, 0.15) is 5.75 Å². The number of aryl methyl sites for hydroxylation is 2. The molecule has 1 atom stereocenters. The first-order valence-corrected chi connectivity index (χ1v) is 12.1. The Hall–Kier alpha value is -3.24. The van der Waals surface area contributed by atoms with E-state index in [0.29, 0.717) is 53.7 Å². The molecule has 0 radical (unpaired) electrons. The lowest BCUT2D eigenvalue weighted by Gasteiger charge is -2.31. The number of carbonyl (C=O) groups excluding carboxylic acids is 1. The van der Waals surface area contributed by atoms with Gasteiger partial charge < -0.3 is 14.6 Å². The van der Waals surface area contributed by atoms with E-state index in [1.807, 2.05) is 0 Å². The Balaban J connectivity index is 1.52. The van der Waals surface area contributed by atoms with Crippen LogP contribution in [0.2, 0.25) is 0 Å². The number of methoxy groups -OCH3 is 1. The molecule has 0 saturated carbocycles. The lowest BCUT2D eigenvalue weighted by Crippen LogP contribution is -2.43. The van der Waals surface area contributed by atoms with E-state index in [2.05, 4.69) is 15.5 Å². The first-order chi connectivity index (χ1) is 15.8. The molecule has 1 aliphatic heterocycles. The van der Waals surface area contributed by atoms with Crippen molar-refractivity contribution in [1.82, 2.24) is 14.4 Å². The van der Waals surface area contributed by atoms with Gasteiger partial charge in [-0.2, -0.15) is 9.29 Å². The molecule has 2 aromatic carbocycles. The zero-order valence-corrected chi connectivity index (χ0v) is 19.6. The zero-order valence-electron chi connectivity index (χ0n) is 18.7. The SMILES string of the molecule is COc1ccc(NC(=O)C2CCCN(S(=O)(=O)c3cc(-c4noc(C)n4)ccc3C)C2)cc1. The first-order valence-electron chi connectivity index (χ1n) is 10.6. The summed E-state index contributed by atoms with van der Waals surface area (Å²) in [5.41, 5.74) is 1.81. The fourth-order valence-electron chi connectivity index (χ4n) is 3.87. The van der Waals surface area contributed by atoms with Gasteiger partial charge in [-0.3, -0.25) is 4.79 Å². The molecule has 9 nitrogen and oxygen atoms in total. The number of sulfonamides is 1. The number of anilines is 1. The number of ether oxygens (including phenoxy) is 1. The fourth-order valence-corrected chi connectivity index (χ4v) is 5.64. The molecule has 1 aliphatic rings. The predicted octanol–water partition coefficient (Wildman–Crippen LogP) is 3.40. The van der Waals surface area contributed by atoms with Crippen molar-refractivity contribution in [2.75, 3.05) is 25.5 Å². The molecule has 33 heavy (non-hydrogen) atoms. The van der Waals surface area contributed by atoms with Crippen molar-refractivity contribution in [1.29, 1.82) is 0 Å². The van der Waals surface area contributed by atoms with Gasteiger partial charge in [0, 0.05) is 31.3 Å². The van der Waals surface area contributed by atoms with E-state index < -0.39 is 15.9 Å². The van der Waals surface area contributed by atoms with Gasteiger partial charge in [-0.1, -0.05) is 17.3 Å². The molecule has 1 saturated heterocycles. The molecular weight excluding hydrogens is 444 g/mol. The van der Waals surface area contributed by atoms with Crippen LogP contribution in [0.3, 0.4) is 0 Å². The van der Waals surface area contributed by atoms with Crippen LogP contribution >= 0.6 is 0 Å². The van der Waals surface area contributed by atoms with Crippen LogP contribution < -0.4 is 10.1 Å². The Bertz CT molecular complexity index is 1250. The second-order valence-corrected chi connectivity index (χ2v) is 9.94. The zero-order chi connectivity index (χ0) is 23.6. The van der Waals surface area contributed by atoms with Crippen LogP contribution in [-0.4, -0.2) is 49.0 Å². The number of rotatable bonds is 6. The molecule has 4 rings (SSSR count). The van der Waals surface area contributed by atoms with Gasteiger partial charge in [0.25, 0.3) is 0 Å². The quantitative estimate of drug-likeness (QED) is 0.587. The number of nitrogens with one attached hydrogen (secondary N) is 1. The molecule has 3 aromatic rings. The molecule has 10 heteroatoms. The maximum Gasteiger partial charge on any atom is 0.243 e. The minimum Gasteiger partial charge on any atom is -0.497 e. The van der Waals surface area contributed by atoms with Gasteiger partial charge in [0.15, 0.2) is 0 Å². The summed E-state index contributed by atoms with van der Waals surface area (Å²) in [6, 6.07) is 12.1. The van der Waals surface area contributed by atoms with Gasteiger partial charge in [-0.25, -0.2) is 8.42 Å². The summed E-state index contributed by atoms with van der Waals surface area (Å²) in [5, 5.41) is 6.76. The number of carbonyl (C=O) groups is 1. The normalized spacial score (nSPS) is 17.0. The highest BCUT2D eigenvalue weighted by Crippen LogP contribution is 2.29. The van der Waals surface area contributed by atoms with E-state index in [9.17, 15) is 13.2 Å². The molecule has 0 spiro atoms. The third-order valence-corrected chi connectivity index (χ3v) is 7.71. The van der Waals surface area contributed by atoms with Crippen LogP contribution in [0.4, 0.5) is 5.69 Å². The number of benzene rings is 2. The Labute approximate surface area is 192 Å². The molecule has 1 unspecified atom stereocenters. The first kappa shape index (κ1) is 22.9. The monoisotopic (exact) mass is 470 g/mol. The van der Waals surface area contributed by atoms with E-state index in [-0.39, 0.29) is 17.3 Å². The average molecular weight is 471 g/mol. The van der Waals surface area contributed by atoms with Crippen molar-refractivity contribution in [3.8, 4) is 17.1 Å². The average Bonchev–Trinajstić information content (AvgIpc) is 3.26. The standard InChI is InChI=1S/C23H26N4O5S/c1-15-6-7-17(22-24-16(2)32-26-22)13-21(15)33(29,30)27-12-4-5-18(14-27)23(28)25-19-8-10-20(31-3)11-9-19/h6-11,13,18H,4-5,12,14H2,1-3H3,(H,25,28). The third-order valence-electron chi connectivity index (χ3n) is 5.70. The van der Waals surface area contributed by atoms with E-state index in [1.54, 1.807) is 63.4 Å². The minimum atomic E-state index is -3.81. The number of aromatic nitrogens is 2. The number of hydrogen-bond acceptors (Lipinski definition) is 7.